The lowest BCUT2D eigenvalue weighted by molar-refractivity contribution is 0.0699. The van der Waals surface area contributed by atoms with Gasteiger partial charge in [0.2, 0.25) is 11.8 Å². The van der Waals surface area contributed by atoms with Crippen molar-refractivity contribution in [1.82, 2.24) is 14.6 Å². The minimum Gasteiger partial charge on any atom is -0.493 e. The van der Waals surface area contributed by atoms with Crippen molar-refractivity contribution in [1.29, 1.82) is 0 Å². The van der Waals surface area contributed by atoms with E-state index < -0.39 is 11.8 Å². The second-order valence-electron chi connectivity index (χ2n) is 4.10. The Kier molecular flexibility index (Phi) is 2.53. The third kappa shape index (κ3) is 1.64. The Morgan fingerprint density at radius 1 is 1.15 bits per heavy atom. The lowest BCUT2D eigenvalue weighted by Gasteiger charge is -2.08. The van der Waals surface area contributed by atoms with Crippen LogP contribution < -0.4 is 0 Å². The van der Waals surface area contributed by atoms with Gasteiger partial charge in [-0.3, -0.25) is 0 Å². The average molecular weight is 271 g/mol. The number of aromatic hydroxyl groups is 2. The minimum atomic E-state index is -1.24. The smallest absolute Gasteiger partial charge is 0.341 e. The number of aromatic nitrogens is 3. The minimum absolute atomic E-state index is 0.0955. The normalized spacial score (nSPS) is 10.8. The summed E-state index contributed by atoms with van der Waals surface area (Å²) in [4.78, 5) is 14.8. The first-order valence-electron chi connectivity index (χ1n) is 5.68. The van der Waals surface area contributed by atoms with E-state index in [2.05, 4.69) is 10.1 Å². The molecule has 0 saturated carbocycles. The Labute approximate surface area is 112 Å². The van der Waals surface area contributed by atoms with E-state index in [0.717, 1.165) is 10.7 Å². The highest BCUT2D eigenvalue weighted by Crippen LogP contribution is 2.36. The van der Waals surface area contributed by atoms with Crippen LogP contribution >= 0.6 is 0 Å². The van der Waals surface area contributed by atoms with Gasteiger partial charge in [-0.25, -0.2) is 4.79 Å². The first-order valence-corrected chi connectivity index (χ1v) is 5.68. The van der Waals surface area contributed by atoms with Crippen molar-refractivity contribution in [3.05, 3.63) is 42.1 Å². The number of hydrogen-bond donors (Lipinski definition) is 3. The van der Waals surface area contributed by atoms with Crippen LogP contribution in [0.2, 0.25) is 0 Å². The number of nitrogens with zero attached hydrogens (tertiary/aromatic N) is 3. The van der Waals surface area contributed by atoms with Crippen molar-refractivity contribution < 1.29 is 20.1 Å². The molecule has 0 spiro atoms. The molecule has 1 aromatic carbocycles. The summed E-state index contributed by atoms with van der Waals surface area (Å²) in [7, 11) is 0. The van der Waals surface area contributed by atoms with E-state index >= 15 is 0 Å². The van der Waals surface area contributed by atoms with Crippen LogP contribution in [0.15, 0.2) is 36.5 Å². The molecule has 3 aromatic rings. The van der Waals surface area contributed by atoms with Crippen LogP contribution in [0.5, 0.6) is 11.8 Å². The Balaban J connectivity index is 2.34. The molecule has 7 heteroatoms. The molecule has 20 heavy (non-hydrogen) atoms. The molecule has 3 rings (SSSR count). The largest absolute Gasteiger partial charge is 0.493 e. The zero-order valence-corrected chi connectivity index (χ0v) is 10.1. The molecule has 0 amide bonds. The van der Waals surface area contributed by atoms with Gasteiger partial charge in [-0.1, -0.05) is 30.3 Å². The van der Waals surface area contributed by atoms with E-state index in [-0.39, 0.29) is 22.7 Å². The standard InChI is InChI=1S/C13H9N3O4/c17-11-9(7-4-2-1-3-5-7)12(18)16-10(15-11)8(6-14-16)13(19)20/h1-6,18H,(H,15,17)(H,19,20). The monoisotopic (exact) mass is 271 g/mol. The Bertz CT molecular complexity index is 811. The molecular weight excluding hydrogens is 262 g/mol. The maximum Gasteiger partial charge on any atom is 0.341 e. The number of carbonyl (C=O) groups is 1. The zero-order valence-electron chi connectivity index (χ0n) is 10.1. The molecule has 0 bridgehead atoms. The molecule has 0 aliphatic carbocycles. The highest BCUT2D eigenvalue weighted by molar-refractivity contribution is 5.94. The zero-order chi connectivity index (χ0) is 14.3. The number of benzene rings is 1. The van der Waals surface area contributed by atoms with Crippen molar-refractivity contribution in [3.63, 3.8) is 0 Å². The molecule has 0 radical (unpaired) electrons. The van der Waals surface area contributed by atoms with Gasteiger partial charge in [0.05, 0.1) is 6.20 Å². The Hall–Kier alpha value is -3.09. The SMILES string of the molecule is O=C(O)c1cnn2c(O)c(-c3ccccc3)c(O)nc12. The molecular formula is C13H9N3O4. The topological polar surface area (TPSA) is 108 Å². The van der Waals surface area contributed by atoms with Crippen molar-refractivity contribution in [2.24, 2.45) is 0 Å². The van der Waals surface area contributed by atoms with Crippen molar-refractivity contribution in [3.8, 4) is 22.9 Å². The molecule has 2 heterocycles. The van der Waals surface area contributed by atoms with Gasteiger partial charge in [0.25, 0.3) is 0 Å². The summed E-state index contributed by atoms with van der Waals surface area (Å²) in [5, 5.41) is 32.9. The summed E-state index contributed by atoms with van der Waals surface area (Å²) < 4.78 is 0.978. The van der Waals surface area contributed by atoms with Crippen LogP contribution in [0.4, 0.5) is 0 Å². The highest BCUT2D eigenvalue weighted by Gasteiger charge is 2.21. The third-order valence-corrected chi connectivity index (χ3v) is 2.90. The maximum absolute atomic E-state index is 11.0. The van der Waals surface area contributed by atoms with Gasteiger partial charge >= 0.3 is 5.97 Å². The van der Waals surface area contributed by atoms with Gasteiger partial charge in [0, 0.05) is 0 Å². The predicted octanol–water partition coefficient (Wildman–Crippen LogP) is 1.51. The summed E-state index contributed by atoms with van der Waals surface area (Å²) in [5.74, 6) is -2.06. The summed E-state index contributed by atoms with van der Waals surface area (Å²) in [6, 6.07) is 8.64. The van der Waals surface area contributed by atoms with Gasteiger partial charge in [-0.05, 0) is 5.56 Å². The second-order valence-corrected chi connectivity index (χ2v) is 4.10. The van der Waals surface area contributed by atoms with Gasteiger partial charge < -0.3 is 15.3 Å². The lowest BCUT2D eigenvalue weighted by atomic mass is 10.1. The van der Waals surface area contributed by atoms with Gasteiger partial charge in [-0.15, -0.1) is 0 Å². The third-order valence-electron chi connectivity index (χ3n) is 2.90. The van der Waals surface area contributed by atoms with E-state index in [1.54, 1.807) is 30.3 Å². The first kappa shape index (κ1) is 12.0. The van der Waals surface area contributed by atoms with Crippen molar-refractivity contribution in [2.45, 2.75) is 0 Å². The van der Waals surface area contributed by atoms with Crippen LogP contribution in [0.1, 0.15) is 10.4 Å². The summed E-state index contributed by atoms with van der Waals surface area (Å²) >= 11 is 0. The van der Waals surface area contributed by atoms with E-state index in [1.165, 1.54) is 0 Å². The lowest BCUT2D eigenvalue weighted by Crippen LogP contribution is -1.99. The van der Waals surface area contributed by atoms with E-state index in [0.29, 0.717) is 5.56 Å². The Morgan fingerprint density at radius 2 is 1.85 bits per heavy atom. The number of aromatic carboxylic acids is 1. The van der Waals surface area contributed by atoms with E-state index in [1.807, 2.05) is 0 Å². The summed E-state index contributed by atoms with van der Waals surface area (Å²) in [6.45, 7) is 0. The van der Waals surface area contributed by atoms with Gasteiger partial charge in [0.1, 0.15) is 11.1 Å². The molecule has 3 N–H and O–H groups in total. The van der Waals surface area contributed by atoms with E-state index in [9.17, 15) is 15.0 Å². The van der Waals surface area contributed by atoms with Crippen LogP contribution in [-0.4, -0.2) is 35.9 Å². The van der Waals surface area contributed by atoms with Crippen molar-refractivity contribution in [2.75, 3.05) is 0 Å². The van der Waals surface area contributed by atoms with Crippen LogP contribution in [0, 0.1) is 0 Å². The van der Waals surface area contributed by atoms with E-state index in [4.69, 9.17) is 5.11 Å². The maximum atomic E-state index is 11.0. The number of carboxylic acids is 1. The number of carboxylic acid groups (broad SMARTS) is 1. The molecule has 0 unspecified atom stereocenters. The Morgan fingerprint density at radius 3 is 2.50 bits per heavy atom. The second kappa shape index (κ2) is 4.23. The highest BCUT2D eigenvalue weighted by atomic mass is 16.4. The molecule has 7 nitrogen and oxygen atoms in total. The predicted molar refractivity (Wildman–Crippen MR) is 68.7 cm³/mol. The fraction of sp³-hybridized carbons (Fsp3) is 0. The fourth-order valence-corrected chi connectivity index (χ4v) is 1.98. The van der Waals surface area contributed by atoms with Gasteiger partial charge in [0.15, 0.2) is 5.65 Å². The molecule has 0 fully saturated rings. The van der Waals surface area contributed by atoms with Gasteiger partial charge in [-0.2, -0.15) is 14.6 Å². The molecule has 0 aliphatic heterocycles. The average Bonchev–Trinajstić information content (AvgIpc) is 2.84. The summed E-state index contributed by atoms with van der Waals surface area (Å²) in [5.41, 5.74) is 0.324. The molecule has 0 atom stereocenters. The fourth-order valence-electron chi connectivity index (χ4n) is 1.98. The van der Waals surface area contributed by atoms with Crippen LogP contribution in [-0.2, 0) is 0 Å². The number of rotatable bonds is 2. The number of hydrogen-bond acceptors (Lipinski definition) is 5. The molecule has 0 saturated heterocycles. The van der Waals surface area contributed by atoms with Crippen LogP contribution in [0.25, 0.3) is 16.8 Å². The quantitative estimate of drug-likeness (QED) is 0.652. The molecule has 0 aliphatic rings. The molecule has 2 aromatic heterocycles. The molecule has 100 valence electrons. The van der Waals surface area contributed by atoms with Crippen molar-refractivity contribution >= 4 is 11.6 Å². The summed E-state index contributed by atoms with van der Waals surface area (Å²) in [6.07, 6.45) is 1.07. The number of fused-ring (bicyclic) bond motifs is 1. The first-order chi connectivity index (χ1) is 9.59. The van der Waals surface area contributed by atoms with Crippen LogP contribution in [0.3, 0.4) is 0 Å².